The maximum absolute atomic E-state index is 12.6. The molecule has 25 heavy (non-hydrogen) atoms. The van der Waals surface area contributed by atoms with E-state index in [2.05, 4.69) is 10.4 Å². The SMILES string of the molecule is CN(Cc1ccccc1)C(=O)c1cc(NC(=O)C2CCCC2)n(C)n1. The fraction of sp³-hybridized carbons (Fsp3) is 0.421. The van der Waals surface area contributed by atoms with Gasteiger partial charge < -0.3 is 10.2 Å². The summed E-state index contributed by atoms with van der Waals surface area (Å²) in [6, 6.07) is 11.5. The van der Waals surface area contributed by atoms with Crippen molar-refractivity contribution in [3.8, 4) is 0 Å². The lowest BCUT2D eigenvalue weighted by Crippen LogP contribution is -2.26. The van der Waals surface area contributed by atoms with Gasteiger partial charge in [0.25, 0.3) is 5.91 Å². The van der Waals surface area contributed by atoms with Gasteiger partial charge >= 0.3 is 0 Å². The number of hydrogen-bond acceptors (Lipinski definition) is 3. The zero-order valence-electron chi connectivity index (χ0n) is 14.7. The second-order valence-corrected chi connectivity index (χ2v) is 6.66. The number of carbonyl (C=O) groups is 2. The van der Waals surface area contributed by atoms with Gasteiger partial charge in [-0.2, -0.15) is 5.10 Å². The molecule has 1 aliphatic carbocycles. The van der Waals surface area contributed by atoms with E-state index in [0.29, 0.717) is 18.1 Å². The Morgan fingerprint density at radius 3 is 2.60 bits per heavy atom. The molecule has 1 heterocycles. The standard InChI is InChI=1S/C19H24N4O2/c1-22(13-14-8-4-3-5-9-14)19(25)16-12-17(23(2)21-16)20-18(24)15-10-6-7-11-15/h3-5,8-9,12,15H,6-7,10-11,13H2,1-2H3,(H,20,24). The molecule has 1 aromatic carbocycles. The zero-order chi connectivity index (χ0) is 17.8. The average molecular weight is 340 g/mol. The smallest absolute Gasteiger partial charge is 0.274 e. The number of carbonyl (C=O) groups excluding carboxylic acids is 2. The van der Waals surface area contributed by atoms with Crippen molar-refractivity contribution in [3.63, 3.8) is 0 Å². The van der Waals surface area contributed by atoms with Crippen molar-refractivity contribution >= 4 is 17.6 Å². The normalized spacial score (nSPS) is 14.5. The van der Waals surface area contributed by atoms with Crippen LogP contribution in [0.1, 0.15) is 41.7 Å². The number of rotatable bonds is 5. The predicted octanol–water partition coefficient (Wildman–Crippen LogP) is 2.82. The predicted molar refractivity (Wildman–Crippen MR) is 96.0 cm³/mol. The molecule has 2 aromatic rings. The summed E-state index contributed by atoms with van der Waals surface area (Å²) in [6.07, 6.45) is 4.10. The third kappa shape index (κ3) is 4.07. The van der Waals surface area contributed by atoms with Gasteiger partial charge in [0.15, 0.2) is 5.69 Å². The zero-order valence-corrected chi connectivity index (χ0v) is 14.7. The molecule has 132 valence electrons. The molecule has 2 amide bonds. The molecule has 1 aliphatic rings. The molecular formula is C19H24N4O2. The van der Waals surface area contributed by atoms with Crippen LogP contribution >= 0.6 is 0 Å². The molecule has 0 spiro atoms. The molecule has 0 aliphatic heterocycles. The summed E-state index contributed by atoms with van der Waals surface area (Å²) in [7, 11) is 3.49. The van der Waals surface area contributed by atoms with Gasteiger partial charge in [-0.3, -0.25) is 14.3 Å². The molecule has 0 radical (unpaired) electrons. The molecule has 3 rings (SSSR count). The maximum Gasteiger partial charge on any atom is 0.274 e. The number of aryl methyl sites for hydroxylation is 1. The van der Waals surface area contributed by atoms with Gasteiger partial charge in [0.2, 0.25) is 5.91 Å². The van der Waals surface area contributed by atoms with E-state index >= 15 is 0 Å². The first-order valence-corrected chi connectivity index (χ1v) is 8.69. The number of benzene rings is 1. The van der Waals surface area contributed by atoms with Gasteiger partial charge in [0.1, 0.15) is 5.82 Å². The van der Waals surface area contributed by atoms with Crippen LogP contribution in [0.15, 0.2) is 36.4 Å². The molecule has 0 atom stereocenters. The van der Waals surface area contributed by atoms with Gasteiger partial charge in [-0.25, -0.2) is 0 Å². The van der Waals surface area contributed by atoms with E-state index in [1.54, 1.807) is 29.7 Å². The van der Waals surface area contributed by atoms with Crippen molar-refractivity contribution in [2.45, 2.75) is 32.2 Å². The highest BCUT2D eigenvalue weighted by atomic mass is 16.2. The number of nitrogens with one attached hydrogen (secondary N) is 1. The van der Waals surface area contributed by atoms with Crippen LogP contribution < -0.4 is 5.32 Å². The van der Waals surface area contributed by atoms with E-state index in [0.717, 1.165) is 31.2 Å². The highest BCUT2D eigenvalue weighted by Crippen LogP contribution is 2.26. The Morgan fingerprint density at radius 1 is 1.24 bits per heavy atom. The fourth-order valence-electron chi connectivity index (χ4n) is 3.23. The van der Waals surface area contributed by atoms with Crippen molar-refractivity contribution in [1.29, 1.82) is 0 Å². The average Bonchev–Trinajstić information content (AvgIpc) is 3.26. The van der Waals surface area contributed by atoms with Crippen LogP contribution in [0.2, 0.25) is 0 Å². The number of anilines is 1. The molecule has 0 unspecified atom stereocenters. The van der Waals surface area contributed by atoms with E-state index in [-0.39, 0.29) is 17.7 Å². The van der Waals surface area contributed by atoms with Crippen molar-refractivity contribution < 1.29 is 9.59 Å². The molecule has 0 bridgehead atoms. The Bertz CT molecular complexity index is 748. The summed E-state index contributed by atoms with van der Waals surface area (Å²) in [5, 5.41) is 7.17. The summed E-state index contributed by atoms with van der Waals surface area (Å²) in [5.41, 5.74) is 1.40. The van der Waals surface area contributed by atoms with Crippen LogP contribution in [0.25, 0.3) is 0 Å². The summed E-state index contributed by atoms with van der Waals surface area (Å²) in [4.78, 5) is 26.5. The Hall–Kier alpha value is -2.63. The van der Waals surface area contributed by atoms with E-state index in [1.807, 2.05) is 30.3 Å². The van der Waals surface area contributed by atoms with Gasteiger partial charge in [-0.15, -0.1) is 0 Å². The second kappa shape index (κ2) is 7.51. The van der Waals surface area contributed by atoms with Crippen LogP contribution in [-0.2, 0) is 18.4 Å². The highest BCUT2D eigenvalue weighted by molar-refractivity contribution is 5.96. The number of aromatic nitrogens is 2. The number of hydrogen-bond donors (Lipinski definition) is 1. The van der Waals surface area contributed by atoms with E-state index in [4.69, 9.17) is 0 Å². The van der Waals surface area contributed by atoms with Crippen molar-refractivity contribution in [2.75, 3.05) is 12.4 Å². The Labute approximate surface area is 147 Å². The van der Waals surface area contributed by atoms with E-state index in [1.165, 1.54) is 0 Å². The van der Waals surface area contributed by atoms with Gasteiger partial charge in [0, 0.05) is 32.6 Å². The lowest BCUT2D eigenvalue weighted by Gasteiger charge is -2.15. The van der Waals surface area contributed by atoms with Gasteiger partial charge in [0.05, 0.1) is 0 Å². The largest absolute Gasteiger partial charge is 0.336 e. The lowest BCUT2D eigenvalue weighted by atomic mass is 10.1. The molecular weight excluding hydrogens is 316 g/mol. The van der Waals surface area contributed by atoms with Crippen LogP contribution in [0.3, 0.4) is 0 Å². The second-order valence-electron chi connectivity index (χ2n) is 6.66. The number of amides is 2. The van der Waals surface area contributed by atoms with E-state index in [9.17, 15) is 9.59 Å². The topological polar surface area (TPSA) is 67.2 Å². The summed E-state index contributed by atoms with van der Waals surface area (Å²) in [5.74, 6) is 0.501. The van der Waals surface area contributed by atoms with Gasteiger partial charge in [-0.1, -0.05) is 43.2 Å². The quantitative estimate of drug-likeness (QED) is 0.910. The van der Waals surface area contributed by atoms with Crippen LogP contribution in [-0.4, -0.2) is 33.5 Å². The summed E-state index contributed by atoms with van der Waals surface area (Å²) >= 11 is 0. The minimum Gasteiger partial charge on any atom is -0.336 e. The molecule has 1 N–H and O–H groups in total. The molecule has 6 nitrogen and oxygen atoms in total. The van der Waals surface area contributed by atoms with Crippen LogP contribution in [0.5, 0.6) is 0 Å². The Kier molecular flexibility index (Phi) is 5.16. The van der Waals surface area contributed by atoms with Crippen molar-refractivity contribution in [1.82, 2.24) is 14.7 Å². The maximum atomic E-state index is 12.6. The van der Waals surface area contributed by atoms with E-state index < -0.39 is 0 Å². The molecule has 6 heteroatoms. The first kappa shape index (κ1) is 17.2. The molecule has 1 fully saturated rings. The van der Waals surface area contributed by atoms with Crippen LogP contribution in [0.4, 0.5) is 5.82 Å². The van der Waals surface area contributed by atoms with Gasteiger partial charge in [-0.05, 0) is 18.4 Å². The Balaban J connectivity index is 1.66. The minimum atomic E-state index is -0.166. The van der Waals surface area contributed by atoms with Crippen LogP contribution in [0, 0.1) is 5.92 Å². The summed E-state index contributed by atoms with van der Waals surface area (Å²) in [6.45, 7) is 0.514. The minimum absolute atomic E-state index is 0.0251. The highest BCUT2D eigenvalue weighted by Gasteiger charge is 2.24. The number of nitrogens with zero attached hydrogens (tertiary/aromatic N) is 3. The molecule has 0 saturated heterocycles. The first-order chi connectivity index (χ1) is 12.0. The summed E-state index contributed by atoms with van der Waals surface area (Å²) < 4.78 is 1.55. The Morgan fingerprint density at radius 2 is 1.92 bits per heavy atom. The third-order valence-electron chi connectivity index (χ3n) is 4.69. The third-order valence-corrected chi connectivity index (χ3v) is 4.69. The van der Waals surface area contributed by atoms with Crippen molar-refractivity contribution in [3.05, 3.63) is 47.7 Å². The first-order valence-electron chi connectivity index (χ1n) is 8.69. The monoisotopic (exact) mass is 340 g/mol. The van der Waals surface area contributed by atoms with Crippen molar-refractivity contribution in [2.24, 2.45) is 13.0 Å². The fourth-order valence-corrected chi connectivity index (χ4v) is 3.23. The lowest BCUT2D eigenvalue weighted by molar-refractivity contribution is -0.119. The molecule has 1 aromatic heterocycles. The molecule has 1 saturated carbocycles.